The van der Waals surface area contributed by atoms with E-state index in [4.69, 9.17) is 16.3 Å². The van der Waals surface area contributed by atoms with Crippen molar-refractivity contribution in [2.75, 3.05) is 26.3 Å². The molecule has 1 aromatic carbocycles. The Morgan fingerprint density at radius 3 is 2.66 bits per heavy atom. The normalized spacial score (nSPS) is 20.9. The molecular weight excluding hydrogens is 390 g/mol. The van der Waals surface area contributed by atoms with Gasteiger partial charge in [-0.3, -0.25) is 9.89 Å². The van der Waals surface area contributed by atoms with Crippen LogP contribution in [0.2, 0.25) is 5.02 Å². The molecule has 0 radical (unpaired) electrons. The summed E-state index contributed by atoms with van der Waals surface area (Å²) < 4.78 is 5.39. The molecule has 4 rings (SSSR count). The molecule has 2 N–H and O–H groups in total. The summed E-state index contributed by atoms with van der Waals surface area (Å²) >= 11 is 6.28. The molecule has 1 atom stereocenters. The molecule has 0 aliphatic carbocycles. The number of hydrogen-bond donors (Lipinski definition) is 2. The Labute approximate surface area is 176 Å². The predicted octanol–water partition coefficient (Wildman–Crippen LogP) is 3.94. The van der Waals surface area contributed by atoms with Crippen molar-refractivity contribution >= 4 is 28.4 Å². The van der Waals surface area contributed by atoms with Crippen LogP contribution in [0, 0.1) is 17.3 Å². The van der Waals surface area contributed by atoms with Crippen molar-refractivity contribution in [3.8, 4) is 0 Å². The minimum Gasteiger partial charge on any atom is -0.388 e. The molecule has 3 heterocycles. The number of hydrogen-bond acceptors (Lipinski definition) is 4. The van der Waals surface area contributed by atoms with Gasteiger partial charge in [-0.1, -0.05) is 25.4 Å². The first-order valence-corrected chi connectivity index (χ1v) is 10.9. The number of ether oxygens (including phenoxy) is 1. The average molecular weight is 420 g/mol. The number of H-pyrrole nitrogens is 1. The van der Waals surface area contributed by atoms with E-state index in [0.29, 0.717) is 24.2 Å². The fourth-order valence-electron chi connectivity index (χ4n) is 4.93. The Kier molecular flexibility index (Phi) is 5.87. The fourth-order valence-corrected chi connectivity index (χ4v) is 5.17. The first-order valence-electron chi connectivity index (χ1n) is 10.5. The van der Waals surface area contributed by atoms with Gasteiger partial charge >= 0.3 is 0 Å². The minimum absolute atomic E-state index is 0.110. The van der Waals surface area contributed by atoms with E-state index in [-0.39, 0.29) is 17.2 Å². The van der Waals surface area contributed by atoms with Crippen LogP contribution in [0.5, 0.6) is 0 Å². The van der Waals surface area contributed by atoms with Crippen molar-refractivity contribution in [3.05, 3.63) is 28.9 Å². The molecular formula is C22H30ClN3O3. The van der Waals surface area contributed by atoms with E-state index < -0.39 is 6.10 Å². The fraction of sp³-hybridized carbons (Fsp3) is 0.636. The van der Waals surface area contributed by atoms with Gasteiger partial charge in [-0.2, -0.15) is 5.10 Å². The molecule has 0 spiro atoms. The summed E-state index contributed by atoms with van der Waals surface area (Å²) in [5.74, 6) is 0.700. The van der Waals surface area contributed by atoms with Gasteiger partial charge in [0.25, 0.3) is 0 Å². The van der Waals surface area contributed by atoms with Crippen LogP contribution in [0.1, 0.15) is 51.2 Å². The molecule has 1 aromatic heterocycles. The van der Waals surface area contributed by atoms with E-state index >= 15 is 0 Å². The van der Waals surface area contributed by atoms with Gasteiger partial charge in [-0.15, -0.1) is 0 Å². The highest BCUT2D eigenvalue weighted by Gasteiger charge is 2.41. The molecule has 1 unspecified atom stereocenters. The van der Waals surface area contributed by atoms with Gasteiger partial charge in [0.2, 0.25) is 5.91 Å². The van der Waals surface area contributed by atoms with E-state index in [1.807, 2.05) is 17.0 Å². The lowest BCUT2D eigenvalue weighted by Crippen LogP contribution is -2.46. The van der Waals surface area contributed by atoms with Crippen LogP contribution in [0.15, 0.2) is 18.3 Å². The van der Waals surface area contributed by atoms with Crippen LogP contribution in [-0.2, 0) is 9.53 Å². The quantitative estimate of drug-likeness (QED) is 0.786. The number of nitrogens with zero attached hydrogens (tertiary/aromatic N) is 2. The van der Waals surface area contributed by atoms with Crippen LogP contribution in [0.4, 0.5) is 0 Å². The predicted molar refractivity (Wildman–Crippen MR) is 113 cm³/mol. The number of aliphatic hydroxyl groups excluding tert-OH is 1. The van der Waals surface area contributed by atoms with Gasteiger partial charge in [-0.05, 0) is 49.1 Å². The lowest BCUT2D eigenvalue weighted by Gasteiger charge is -2.44. The second-order valence-electron chi connectivity index (χ2n) is 9.04. The van der Waals surface area contributed by atoms with Crippen LogP contribution >= 0.6 is 11.6 Å². The Balaban J connectivity index is 1.45. The number of amides is 1. The highest BCUT2D eigenvalue weighted by molar-refractivity contribution is 6.31. The summed E-state index contributed by atoms with van der Waals surface area (Å²) in [5.41, 5.74) is 1.27. The maximum Gasteiger partial charge on any atom is 0.225 e. The van der Waals surface area contributed by atoms with Gasteiger partial charge in [0.05, 0.1) is 17.8 Å². The molecule has 2 aliphatic heterocycles. The molecule has 2 fully saturated rings. The topological polar surface area (TPSA) is 78.5 Å². The lowest BCUT2D eigenvalue weighted by molar-refractivity contribution is -0.141. The summed E-state index contributed by atoms with van der Waals surface area (Å²) in [6, 6.07) is 3.68. The van der Waals surface area contributed by atoms with E-state index in [1.54, 1.807) is 6.20 Å². The number of piperidine rings is 1. The van der Waals surface area contributed by atoms with Gasteiger partial charge in [-0.25, -0.2) is 0 Å². The van der Waals surface area contributed by atoms with Gasteiger partial charge in [0, 0.05) is 48.2 Å². The van der Waals surface area contributed by atoms with Crippen molar-refractivity contribution in [1.82, 2.24) is 15.1 Å². The number of fused-ring (bicyclic) bond motifs is 1. The Hall–Kier alpha value is -1.63. The lowest BCUT2D eigenvalue weighted by atomic mass is 9.68. The molecule has 2 saturated heterocycles. The van der Waals surface area contributed by atoms with E-state index in [0.717, 1.165) is 55.2 Å². The number of aromatic amines is 1. The van der Waals surface area contributed by atoms with E-state index in [1.165, 1.54) is 0 Å². The number of benzene rings is 1. The van der Waals surface area contributed by atoms with Gasteiger partial charge in [0.1, 0.15) is 0 Å². The van der Waals surface area contributed by atoms with Crippen LogP contribution < -0.4 is 0 Å². The molecule has 2 aliphatic rings. The van der Waals surface area contributed by atoms with Crippen molar-refractivity contribution in [2.45, 2.75) is 45.6 Å². The zero-order chi connectivity index (χ0) is 20.6. The van der Waals surface area contributed by atoms with Crippen molar-refractivity contribution in [1.29, 1.82) is 0 Å². The van der Waals surface area contributed by atoms with Crippen LogP contribution in [-0.4, -0.2) is 52.4 Å². The summed E-state index contributed by atoms with van der Waals surface area (Å²) in [7, 11) is 0. The summed E-state index contributed by atoms with van der Waals surface area (Å²) in [6.07, 6.45) is 4.50. The van der Waals surface area contributed by atoms with Crippen molar-refractivity contribution in [2.24, 2.45) is 17.3 Å². The number of rotatable bonds is 4. The molecule has 6 nitrogen and oxygen atoms in total. The van der Waals surface area contributed by atoms with Crippen molar-refractivity contribution in [3.63, 3.8) is 0 Å². The molecule has 0 saturated carbocycles. The number of aliphatic hydroxyl groups is 1. The number of likely N-dealkylation sites (tertiary alicyclic amines) is 1. The van der Waals surface area contributed by atoms with E-state index in [2.05, 4.69) is 24.0 Å². The third-order valence-corrected chi connectivity index (χ3v) is 7.19. The Morgan fingerprint density at radius 1 is 1.28 bits per heavy atom. The largest absolute Gasteiger partial charge is 0.388 e. The van der Waals surface area contributed by atoms with E-state index in [9.17, 15) is 9.90 Å². The first kappa shape index (κ1) is 20.6. The molecule has 7 heteroatoms. The van der Waals surface area contributed by atoms with Gasteiger partial charge < -0.3 is 14.7 Å². The number of carbonyl (C=O) groups is 1. The zero-order valence-electron chi connectivity index (χ0n) is 17.2. The molecule has 158 valence electrons. The van der Waals surface area contributed by atoms with Crippen molar-refractivity contribution < 1.29 is 14.6 Å². The Morgan fingerprint density at radius 2 is 1.97 bits per heavy atom. The minimum atomic E-state index is -0.674. The summed E-state index contributed by atoms with van der Waals surface area (Å²) in [5, 5.41) is 19.9. The third-order valence-electron chi connectivity index (χ3n) is 6.97. The maximum absolute atomic E-state index is 12.8. The second kappa shape index (κ2) is 8.25. The first-order chi connectivity index (χ1) is 13.9. The second-order valence-corrected chi connectivity index (χ2v) is 9.48. The molecule has 2 aromatic rings. The highest BCUT2D eigenvalue weighted by Crippen LogP contribution is 2.46. The Bertz CT molecular complexity index is 867. The van der Waals surface area contributed by atoms with Gasteiger partial charge in [0.15, 0.2) is 0 Å². The number of halogens is 1. The number of aromatic nitrogens is 2. The smallest absolute Gasteiger partial charge is 0.225 e. The number of carbonyl (C=O) groups excluding carboxylic acids is 1. The van der Waals surface area contributed by atoms with Crippen LogP contribution in [0.25, 0.3) is 10.9 Å². The molecule has 1 amide bonds. The molecule has 29 heavy (non-hydrogen) atoms. The maximum atomic E-state index is 12.8. The van der Waals surface area contributed by atoms with Crippen LogP contribution in [0.3, 0.4) is 0 Å². The average Bonchev–Trinajstić information content (AvgIpc) is 3.21. The SMILES string of the molecule is CC(C)(C1CCN(C(=O)C2CCOCC2)CC1)C(O)c1cc(Cl)cc2cn[nH]c12. The highest BCUT2D eigenvalue weighted by atomic mass is 35.5. The summed E-state index contributed by atoms with van der Waals surface area (Å²) in [6.45, 7) is 7.11. The standard InChI is InChI=1S/C22H30ClN3O3/c1-22(2,20(27)18-12-17(23)11-15-13-24-25-19(15)18)16-3-7-26(8-4-16)21(28)14-5-9-29-10-6-14/h11-14,16,20,27H,3-10H2,1-2H3,(H,24,25). The number of nitrogens with one attached hydrogen (secondary N) is 1. The third kappa shape index (κ3) is 4.03. The molecule has 0 bridgehead atoms. The zero-order valence-corrected chi connectivity index (χ0v) is 17.9. The monoisotopic (exact) mass is 419 g/mol. The summed E-state index contributed by atoms with van der Waals surface area (Å²) in [4.78, 5) is 14.8.